The topological polar surface area (TPSA) is 54.9 Å². The van der Waals surface area contributed by atoms with Gasteiger partial charge in [0.25, 0.3) is 5.91 Å². The van der Waals surface area contributed by atoms with Crippen LogP contribution in [-0.2, 0) is 11.9 Å². The molecule has 9 heteroatoms. The van der Waals surface area contributed by atoms with Gasteiger partial charge >= 0.3 is 6.18 Å². The summed E-state index contributed by atoms with van der Waals surface area (Å²) in [6, 6.07) is 11.2. The number of nitrogens with zero attached hydrogens (tertiary/aromatic N) is 2. The Labute approximate surface area is 168 Å². The molecular weight excluding hydrogens is 411 g/mol. The number of benzene rings is 2. The summed E-state index contributed by atoms with van der Waals surface area (Å²) in [4.78, 5) is 20.6. The molecule has 0 fully saturated rings. The Hall–Kier alpha value is -2.58. The van der Waals surface area contributed by atoms with Gasteiger partial charge in [-0.1, -0.05) is 35.5 Å². The summed E-state index contributed by atoms with van der Waals surface area (Å²) in [5.74, 6) is 0.0672. The molecule has 0 atom stereocenters. The van der Waals surface area contributed by atoms with Gasteiger partial charge in [-0.3, -0.25) is 4.79 Å². The van der Waals surface area contributed by atoms with E-state index in [-0.39, 0.29) is 10.7 Å². The number of amides is 1. The molecule has 4 nitrogen and oxygen atoms in total. The average molecular weight is 424 g/mol. The second kappa shape index (κ2) is 8.62. The predicted octanol–water partition coefficient (Wildman–Crippen LogP) is 5.69. The number of alkyl halides is 3. The highest BCUT2D eigenvalue weighted by Crippen LogP contribution is 2.34. The van der Waals surface area contributed by atoms with Crippen molar-refractivity contribution in [2.45, 2.75) is 17.1 Å². The second-order valence-corrected chi connectivity index (χ2v) is 7.01. The van der Waals surface area contributed by atoms with E-state index in [1.54, 1.807) is 42.7 Å². The van der Waals surface area contributed by atoms with Gasteiger partial charge in [-0.05, 0) is 42.0 Å². The highest BCUT2D eigenvalue weighted by molar-refractivity contribution is 7.98. The molecule has 3 aromatic rings. The number of rotatable bonds is 5. The van der Waals surface area contributed by atoms with Gasteiger partial charge in [0, 0.05) is 23.7 Å². The van der Waals surface area contributed by atoms with Crippen LogP contribution < -0.4 is 5.32 Å². The van der Waals surface area contributed by atoms with Gasteiger partial charge in [0.2, 0.25) is 0 Å². The molecule has 144 valence electrons. The third-order valence-electron chi connectivity index (χ3n) is 3.67. The van der Waals surface area contributed by atoms with E-state index in [1.165, 1.54) is 11.8 Å². The minimum absolute atomic E-state index is 0.0252. The zero-order valence-corrected chi connectivity index (χ0v) is 15.8. The maximum absolute atomic E-state index is 12.8. The van der Waals surface area contributed by atoms with Gasteiger partial charge in [0.05, 0.1) is 16.3 Å². The van der Waals surface area contributed by atoms with Crippen molar-refractivity contribution in [2.24, 2.45) is 0 Å². The summed E-state index contributed by atoms with van der Waals surface area (Å²) in [7, 11) is 0. The number of carbonyl (C=O) groups excluding carboxylic acids is 1. The minimum atomic E-state index is -4.52. The first-order valence-corrected chi connectivity index (χ1v) is 9.36. The van der Waals surface area contributed by atoms with Crippen molar-refractivity contribution < 1.29 is 18.0 Å². The Balaban J connectivity index is 1.66. The molecule has 28 heavy (non-hydrogen) atoms. The number of aromatic nitrogens is 2. The van der Waals surface area contributed by atoms with Crippen LogP contribution in [0.4, 0.5) is 18.9 Å². The van der Waals surface area contributed by atoms with Crippen LogP contribution in [0.15, 0.2) is 66.1 Å². The van der Waals surface area contributed by atoms with E-state index in [2.05, 4.69) is 15.3 Å². The zero-order valence-electron chi connectivity index (χ0n) is 14.2. The number of carbonyl (C=O) groups is 1. The molecule has 0 bridgehead atoms. The van der Waals surface area contributed by atoms with Crippen LogP contribution in [-0.4, -0.2) is 15.9 Å². The molecular formula is C19H13ClF3N3OS. The largest absolute Gasteiger partial charge is 0.416 e. The van der Waals surface area contributed by atoms with Crippen molar-refractivity contribution >= 4 is 35.0 Å². The normalized spacial score (nSPS) is 11.3. The molecule has 0 radical (unpaired) electrons. The van der Waals surface area contributed by atoms with Crippen molar-refractivity contribution in [2.75, 3.05) is 5.32 Å². The van der Waals surface area contributed by atoms with Crippen molar-refractivity contribution in [3.05, 3.63) is 82.6 Å². The first-order valence-electron chi connectivity index (χ1n) is 8.00. The smallest absolute Gasteiger partial charge is 0.321 e. The van der Waals surface area contributed by atoms with Crippen molar-refractivity contribution in [1.82, 2.24) is 9.97 Å². The molecule has 0 aliphatic heterocycles. The van der Waals surface area contributed by atoms with E-state index >= 15 is 0 Å². The summed E-state index contributed by atoms with van der Waals surface area (Å²) in [6.45, 7) is 0. The van der Waals surface area contributed by atoms with Crippen LogP contribution in [0.25, 0.3) is 0 Å². The molecule has 2 aromatic carbocycles. The molecule has 1 amide bonds. The van der Waals surface area contributed by atoms with Gasteiger partial charge in [-0.15, -0.1) is 0 Å². The summed E-state index contributed by atoms with van der Waals surface area (Å²) >= 11 is 7.36. The maximum atomic E-state index is 12.8. The molecule has 0 saturated heterocycles. The van der Waals surface area contributed by atoms with Crippen LogP contribution in [0.1, 0.15) is 21.5 Å². The monoisotopic (exact) mass is 423 g/mol. The van der Waals surface area contributed by atoms with E-state index in [4.69, 9.17) is 11.6 Å². The Morgan fingerprint density at radius 3 is 2.39 bits per heavy atom. The Morgan fingerprint density at radius 1 is 1.07 bits per heavy atom. The molecule has 0 saturated carbocycles. The number of thioether (sulfide) groups is 1. The summed E-state index contributed by atoms with van der Waals surface area (Å²) in [5, 5.41) is 3.09. The first kappa shape index (κ1) is 20.2. The van der Waals surface area contributed by atoms with Gasteiger partial charge in [-0.2, -0.15) is 13.2 Å². The van der Waals surface area contributed by atoms with Crippen LogP contribution in [0.3, 0.4) is 0 Å². The lowest BCUT2D eigenvalue weighted by Crippen LogP contribution is -2.13. The lowest BCUT2D eigenvalue weighted by atomic mass is 10.1. The lowest BCUT2D eigenvalue weighted by Gasteiger charge is -2.12. The third-order valence-corrected chi connectivity index (χ3v) is 4.94. The van der Waals surface area contributed by atoms with Gasteiger partial charge in [0.1, 0.15) is 0 Å². The molecule has 0 aliphatic rings. The number of hydrogen-bond donors (Lipinski definition) is 1. The van der Waals surface area contributed by atoms with E-state index in [0.29, 0.717) is 16.5 Å². The summed E-state index contributed by atoms with van der Waals surface area (Å²) < 4.78 is 38.5. The number of nitrogens with one attached hydrogen (secondary N) is 1. The van der Waals surface area contributed by atoms with Gasteiger partial charge < -0.3 is 5.32 Å². The van der Waals surface area contributed by atoms with Crippen LogP contribution >= 0.6 is 23.4 Å². The maximum Gasteiger partial charge on any atom is 0.416 e. The highest BCUT2D eigenvalue weighted by atomic mass is 35.5. The van der Waals surface area contributed by atoms with Gasteiger partial charge in [-0.25, -0.2) is 9.97 Å². The predicted molar refractivity (Wildman–Crippen MR) is 102 cm³/mol. The van der Waals surface area contributed by atoms with Crippen molar-refractivity contribution in [3.8, 4) is 0 Å². The minimum Gasteiger partial charge on any atom is -0.321 e. The molecule has 1 N–H and O–H groups in total. The zero-order chi connectivity index (χ0) is 20.1. The van der Waals surface area contributed by atoms with Crippen molar-refractivity contribution in [3.63, 3.8) is 0 Å². The number of halogens is 4. The standard InChI is InChI=1S/C19H13ClF3N3OS/c20-15-7-6-14(19(21,22)23)10-16(15)26-17(27)13-4-2-12(3-5-13)11-28-18-24-8-1-9-25-18/h1-10H,11H2,(H,26,27). The fraction of sp³-hybridized carbons (Fsp3) is 0.105. The molecule has 1 aromatic heterocycles. The molecule has 1 heterocycles. The summed E-state index contributed by atoms with van der Waals surface area (Å²) in [6.07, 6.45) is -1.21. The Morgan fingerprint density at radius 2 is 1.75 bits per heavy atom. The molecule has 0 spiro atoms. The highest BCUT2D eigenvalue weighted by Gasteiger charge is 2.31. The van der Waals surface area contributed by atoms with E-state index in [0.717, 1.165) is 23.8 Å². The fourth-order valence-corrected chi connectivity index (χ4v) is 3.18. The molecule has 0 aliphatic carbocycles. The average Bonchev–Trinajstić information content (AvgIpc) is 2.68. The van der Waals surface area contributed by atoms with Crippen molar-refractivity contribution in [1.29, 1.82) is 0 Å². The molecule has 3 rings (SSSR count). The molecule has 0 unspecified atom stereocenters. The number of hydrogen-bond acceptors (Lipinski definition) is 4. The third kappa shape index (κ3) is 5.24. The van der Waals surface area contributed by atoms with E-state index in [9.17, 15) is 18.0 Å². The van der Waals surface area contributed by atoms with Crippen LogP contribution in [0.2, 0.25) is 5.02 Å². The lowest BCUT2D eigenvalue weighted by molar-refractivity contribution is -0.137. The fourth-order valence-electron chi connectivity index (χ4n) is 2.25. The first-order chi connectivity index (χ1) is 13.3. The number of anilines is 1. The van der Waals surface area contributed by atoms with Crippen LogP contribution in [0, 0.1) is 0 Å². The SMILES string of the molecule is O=C(Nc1cc(C(F)(F)F)ccc1Cl)c1ccc(CSc2ncccn2)cc1. The second-order valence-electron chi connectivity index (χ2n) is 5.66. The summed E-state index contributed by atoms with van der Waals surface area (Å²) in [5.41, 5.74) is 0.273. The van der Waals surface area contributed by atoms with E-state index in [1.807, 2.05) is 0 Å². The van der Waals surface area contributed by atoms with E-state index < -0.39 is 17.6 Å². The quantitative estimate of drug-likeness (QED) is 0.423. The Bertz CT molecular complexity index is 966. The Kier molecular flexibility index (Phi) is 6.21. The van der Waals surface area contributed by atoms with Gasteiger partial charge in [0.15, 0.2) is 5.16 Å². The van der Waals surface area contributed by atoms with Crippen LogP contribution in [0.5, 0.6) is 0 Å².